The van der Waals surface area contributed by atoms with Gasteiger partial charge in [-0.2, -0.15) is 0 Å². The summed E-state index contributed by atoms with van der Waals surface area (Å²) in [5.41, 5.74) is 1.16. The summed E-state index contributed by atoms with van der Waals surface area (Å²) in [6.45, 7) is 4.54. The average Bonchev–Trinajstić information content (AvgIpc) is 3.54. The first-order chi connectivity index (χ1) is 14.8. The third-order valence-electron chi connectivity index (χ3n) is 6.58. The number of aryl methyl sites for hydroxylation is 1. The predicted octanol–water partition coefficient (Wildman–Crippen LogP) is 3.90. The molecule has 4 rings (SSSR count). The minimum atomic E-state index is -3.42. The number of benzene rings is 1. The Labute approximate surface area is 183 Å². The van der Waals surface area contributed by atoms with E-state index in [0.717, 1.165) is 74.4 Å². The maximum atomic E-state index is 14.1. The smallest absolute Gasteiger partial charge is 0.225 e. The van der Waals surface area contributed by atoms with Crippen LogP contribution >= 0.6 is 0 Å². The maximum Gasteiger partial charge on any atom is 0.225 e. The van der Waals surface area contributed by atoms with E-state index in [-0.39, 0.29) is 10.6 Å². The Balaban J connectivity index is 1.20. The Morgan fingerprint density at radius 2 is 1.90 bits per heavy atom. The number of piperidine rings is 1. The molecule has 0 bridgehead atoms. The van der Waals surface area contributed by atoms with Crippen LogP contribution in [-0.4, -0.2) is 44.3 Å². The number of aromatic nitrogens is 2. The lowest BCUT2D eigenvalue weighted by Gasteiger charge is -2.32. The molecule has 0 radical (unpaired) electrons. The van der Waals surface area contributed by atoms with Crippen molar-refractivity contribution in [3.63, 3.8) is 0 Å². The molecular weight excluding hydrogens is 417 g/mol. The Morgan fingerprint density at radius 1 is 1.19 bits per heavy atom. The van der Waals surface area contributed by atoms with Crippen molar-refractivity contribution in [2.45, 2.75) is 43.9 Å². The molecule has 1 aliphatic carbocycles. The molecule has 31 heavy (non-hydrogen) atoms. The number of hydrogen-bond acceptors (Lipinski definition) is 6. The van der Waals surface area contributed by atoms with Crippen LogP contribution in [0.25, 0.3) is 0 Å². The number of ether oxygens (including phenoxy) is 1. The molecule has 0 N–H and O–H groups in total. The van der Waals surface area contributed by atoms with E-state index in [4.69, 9.17) is 4.74 Å². The number of halogens is 1. The van der Waals surface area contributed by atoms with Gasteiger partial charge in [-0.05, 0) is 73.6 Å². The number of sulfone groups is 1. The molecule has 168 valence electrons. The van der Waals surface area contributed by atoms with Crippen molar-refractivity contribution in [3.8, 4) is 5.75 Å². The molecule has 1 aromatic heterocycles. The van der Waals surface area contributed by atoms with Gasteiger partial charge < -0.3 is 9.64 Å². The van der Waals surface area contributed by atoms with E-state index in [9.17, 15) is 12.8 Å². The van der Waals surface area contributed by atoms with Crippen molar-refractivity contribution in [1.29, 1.82) is 0 Å². The zero-order valence-electron chi connectivity index (χ0n) is 18.1. The second-order valence-electron chi connectivity index (χ2n) is 8.73. The van der Waals surface area contributed by atoms with Gasteiger partial charge in [0.15, 0.2) is 21.4 Å². The molecule has 1 aromatic carbocycles. The van der Waals surface area contributed by atoms with Gasteiger partial charge in [0.25, 0.3) is 0 Å². The van der Waals surface area contributed by atoms with Crippen LogP contribution in [0.15, 0.2) is 35.5 Å². The minimum absolute atomic E-state index is 0.0299. The van der Waals surface area contributed by atoms with Crippen molar-refractivity contribution in [3.05, 3.63) is 42.0 Å². The first kappa shape index (κ1) is 22.0. The van der Waals surface area contributed by atoms with Crippen LogP contribution in [0.2, 0.25) is 0 Å². The van der Waals surface area contributed by atoms with Crippen molar-refractivity contribution >= 4 is 15.8 Å². The van der Waals surface area contributed by atoms with E-state index < -0.39 is 15.7 Å². The first-order valence-corrected chi connectivity index (χ1v) is 12.9. The van der Waals surface area contributed by atoms with Gasteiger partial charge in [0.05, 0.1) is 11.5 Å². The molecule has 1 saturated heterocycles. The molecule has 6 nitrogen and oxygen atoms in total. The first-order valence-electron chi connectivity index (χ1n) is 11.0. The molecule has 2 fully saturated rings. The number of rotatable bonds is 8. The summed E-state index contributed by atoms with van der Waals surface area (Å²) >= 11 is 0. The molecule has 8 heteroatoms. The SMILES string of the molecule is CCc1cnc(N2CCC([C@@H]3C[C@H]3CCOc3ccc(S(C)(=O)=O)cc3F)CC2)nc1. The average molecular weight is 448 g/mol. The Hall–Kier alpha value is -2.22. The fourth-order valence-electron chi connectivity index (χ4n) is 4.55. The number of hydrogen-bond donors (Lipinski definition) is 0. The number of anilines is 1. The summed E-state index contributed by atoms with van der Waals surface area (Å²) in [4.78, 5) is 11.3. The highest BCUT2D eigenvalue weighted by Crippen LogP contribution is 2.49. The molecule has 1 saturated carbocycles. The zero-order chi connectivity index (χ0) is 22.0. The van der Waals surface area contributed by atoms with E-state index in [1.54, 1.807) is 0 Å². The Morgan fingerprint density at radius 3 is 2.52 bits per heavy atom. The molecule has 0 unspecified atom stereocenters. The van der Waals surface area contributed by atoms with Crippen molar-refractivity contribution < 1.29 is 17.5 Å². The predicted molar refractivity (Wildman–Crippen MR) is 118 cm³/mol. The summed E-state index contributed by atoms with van der Waals surface area (Å²) < 4.78 is 42.7. The van der Waals surface area contributed by atoms with Crippen LogP contribution in [0.4, 0.5) is 10.3 Å². The van der Waals surface area contributed by atoms with E-state index in [0.29, 0.717) is 12.5 Å². The van der Waals surface area contributed by atoms with Crippen LogP contribution in [-0.2, 0) is 16.3 Å². The summed E-state index contributed by atoms with van der Waals surface area (Å²) in [7, 11) is -3.42. The van der Waals surface area contributed by atoms with Gasteiger partial charge in [-0.15, -0.1) is 0 Å². The van der Waals surface area contributed by atoms with Crippen molar-refractivity contribution in [2.75, 3.05) is 30.9 Å². The topological polar surface area (TPSA) is 72.4 Å². The standard InChI is InChI=1S/C23H30FN3O3S/c1-3-16-14-25-23(26-15-16)27-9-6-17(7-10-27)20-12-18(20)8-11-30-22-5-4-19(13-21(22)24)31(2,28)29/h4-5,13-15,17-18,20H,3,6-12H2,1-2H3/t18-,20+/m1/s1. The lowest BCUT2D eigenvalue weighted by atomic mass is 9.90. The lowest BCUT2D eigenvalue weighted by molar-refractivity contribution is 0.273. The van der Waals surface area contributed by atoms with Crippen molar-refractivity contribution in [1.82, 2.24) is 9.97 Å². The molecule has 2 heterocycles. The molecule has 2 atom stereocenters. The van der Waals surface area contributed by atoms with Gasteiger partial charge in [-0.1, -0.05) is 6.92 Å². The quantitative estimate of drug-likeness (QED) is 0.611. The fraction of sp³-hybridized carbons (Fsp3) is 0.565. The number of nitrogens with zero attached hydrogens (tertiary/aromatic N) is 3. The Kier molecular flexibility index (Phi) is 6.46. The van der Waals surface area contributed by atoms with Gasteiger partial charge >= 0.3 is 0 Å². The largest absolute Gasteiger partial charge is 0.491 e. The van der Waals surface area contributed by atoms with Gasteiger partial charge in [0, 0.05) is 31.7 Å². The fourth-order valence-corrected chi connectivity index (χ4v) is 5.18. The van der Waals surface area contributed by atoms with Gasteiger partial charge in [0.2, 0.25) is 5.95 Å². The van der Waals surface area contributed by atoms with E-state index >= 15 is 0 Å². The van der Waals surface area contributed by atoms with E-state index in [2.05, 4.69) is 21.8 Å². The minimum Gasteiger partial charge on any atom is -0.491 e. The monoisotopic (exact) mass is 447 g/mol. The molecule has 1 aliphatic heterocycles. The molecule has 2 aromatic rings. The van der Waals surface area contributed by atoms with Crippen LogP contribution in [0.3, 0.4) is 0 Å². The Bertz CT molecular complexity index is 1010. The van der Waals surface area contributed by atoms with Crippen LogP contribution < -0.4 is 9.64 Å². The zero-order valence-corrected chi connectivity index (χ0v) is 18.9. The summed E-state index contributed by atoms with van der Waals surface area (Å²) in [5, 5.41) is 0. The molecule has 0 spiro atoms. The summed E-state index contributed by atoms with van der Waals surface area (Å²) in [6, 6.07) is 3.82. The van der Waals surface area contributed by atoms with Gasteiger partial charge in [0.1, 0.15) is 0 Å². The maximum absolute atomic E-state index is 14.1. The third kappa shape index (κ3) is 5.34. The summed E-state index contributed by atoms with van der Waals surface area (Å²) in [5.74, 6) is 2.41. The van der Waals surface area contributed by atoms with Gasteiger partial charge in [-0.25, -0.2) is 22.8 Å². The normalized spacial score (nSPS) is 21.8. The van der Waals surface area contributed by atoms with Crippen molar-refractivity contribution in [2.24, 2.45) is 17.8 Å². The second-order valence-corrected chi connectivity index (χ2v) is 10.7. The highest BCUT2D eigenvalue weighted by Gasteiger charge is 2.43. The third-order valence-corrected chi connectivity index (χ3v) is 7.69. The van der Waals surface area contributed by atoms with Crippen LogP contribution in [0, 0.1) is 23.6 Å². The van der Waals surface area contributed by atoms with E-state index in [1.807, 2.05) is 12.4 Å². The molecular formula is C23H30FN3O3S. The second kappa shape index (κ2) is 9.10. The molecule has 0 amide bonds. The lowest BCUT2D eigenvalue weighted by Crippen LogP contribution is -2.35. The van der Waals surface area contributed by atoms with E-state index in [1.165, 1.54) is 18.6 Å². The summed E-state index contributed by atoms with van der Waals surface area (Å²) in [6.07, 6.45) is 10.3. The van der Waals surface area contributed by atoms with Gasteiger partial charge in [-0.3, -0.25) is 0 Å². The van der Waals surface area contributed by atoms with Crippen LogP contribution in [0.5, 0.6) is 5.75 Å². The van der Waals surface area contributed by atoms with Crippen LogP contribution in [0.1, 0.15) is 38.2 Å². The molecule has 2 aliphatic rings. The highest BCUT2D eigenvalue weighted by molar-refractivity contribution is 7.90. The highest BCUT2D eigenvalue weighted by atomic mass is 32.2.